The van der Waals surface area contributed by atoms with Gasteiger partial charge in [0.2, 0.25) is 0 Å². The molecular weight excluding hydrogens is 630 g/mol. The van der Waals surface area contributed by atoms with Crippen LogP contribution in [0.5, 0.6) is 0 Å². The topological polar surface area (TPSA) is 118 Å². The molecule has 8 rings (SSSR count). The minimum atomic E-state index is -0.397. The van der Waals surface area contributed by atoms with Gasteiger partial charge in [-0.2, -0.15) is 0 Å². The summed E-state index contributed by atoms with van der Waals surface area (Å²) in [6.45, 7) is 23.0. The number of nitrogens with two attached hydrogens (primary N) is 1. The quantitative estimate of drug-likeness (QED) is 0.281. The molecule has 4 N–H and O–H groups in total. The lowest BCUT2D eigenvalue weighted by atomic mass is 9.77. The van der Waals surface area contributed by atoms with Gasteiger partial charge >= 0.3 is 12.2 Å². The Bertz CT molecular complexity index is 1040. The highest BCUT2D eigenvalue weighted by Gasteiger charge is 2.55. The van der Waals surface area contributed by atoms with Gasteiger partial charge in [-0.05, 0) is 161 Å². The van der Waals surface area contributed by atoms with Gasteiger partial charge in [-0.3, -0.25) is 0 Å². The maximum Gasteiger partial charge on any atom is 0.410 e. The Kier molecular flexibility index (Phi) is 13.1. The molecule has 4 unspecified atom stereocenters. The van der Waals surface area contributed by atoms with Gasteiger partial charge in [0.15, 0.2) is 0 Å². The molecule has 3 saturated carbocycles. The van der Waals surface area contributed by atoms with Gasteiger partial charge in [0.05, 0.1) is 5.60 Å². The lowest BCUT2D eigenvalue weighted by molar-refractivity contribution is -0.0952. The predicted octanol–water partition coefficient (Wildman–Crippen LogP) is 6.56. The molecule has 0 aromatic heterocycles. The highest BCUT2D eigenvalue weighted by molar-refractivity contribution is 5.69. The third-order valence-electron chi connectivity index (χ3n) is 12.7. The first-order valence-corrected chi connectivity index (χ1v) is 20.4. The first kappa shape index (κ1) is 39.6. The molecule has 288 valence electrons. The lowest BCUT2D eigenvalue weighted by Crippen LogP contribution is -2.45. The summed E-state index contributed by atoms with van der Waals surface area (Å²) in [5.74, 6) is 4.33. The maximum atomic E-state index is 11.9. The van der Waals surface area contributed by atoms with E-state index in [2.05, 4.69) is 17.6 Å². The van der Waals surface area contributed by atoms with E-state index in [1.165, 1.54) is 90.1 Å². The van der Waals surface area contributed by atoms with Gasteiger partial charge in [0, 0.05) is 38.8 Å². The summed E-state index contributed by atoms with van der Waals surface area (Å²) in [4.78, 5) is 27.2. The van der Waals surface area contributed by atoms with E-state index in [9.17, 15) is 9.59 Å². The van der Waals surface area contributed by atoms with Gasteiger partial charge in [-0.25, -0.2) is 9.59 Å². The van der Waals surface area contributed by atoms with Crippen molar-refractivity contribution in [3.05, 3.63) is 0 Å². The number of piperidine rings is 4. The molecule has 10 heteroatoms. The summed E-state index contributed by atoms with van der Waals surface area (Å²) in [6.07, 6.45) is 15.3. The second kappa shape index (κ2) is 16.6. The van der Waals surface area contributed by atoms with Crippen LogP contribution in [0.1, 0.15) is 126 Å². The Morgan fingerprint density at radius 2 is 1.24 bits per heavy atom. The first-order valence-electron chi connectivity index (χ1n) is 20.4. The first-order chi connectivity index (χ1) is 23.6. The minimum absolute atomic E-state index is 0.134. The van der Waals surface area contributed by atoms with Crippen LogP contribution in [0.4, 0.5) is 9.59 Å². The van der Waals surface area contributed by atoms with Crippen LogP contribution >= 0.6 is 0 Å². The van der Waals surface area contributed by atoms with Gasteiger partial charge in [-0.15, -0.1) is 0 Å². The molecule has 2 spiro atoms. The molecular formula is C40H73N5O5. The van der Waals surface area contributed by atoms with E-state index in [0.717, 1.165) is 63.6 Å². The number of likely N-dealkylation sites (tertiary alicyclic amines) is 2. The maximum absolute atomic E-state index is 11.9. The molecule has 5 saturated heterocycles. The number of carbonyl (C=O) groups excluding carboxylic acids is 2. The zero-order valence-corrected chi connectivity index (χ0v) is 32.8. The molecule has 4 atom stereocenters. The van der Waals surface area contributed by atoms with Gasteiger partial charge in [0.1, 0.15) is 11.2 Å². The Balaban J connectivity index is 0.000000134. The fourth-order valence-corrected chi connectivity index (χ4v) is 9.50. The predicted molar refractivity (Wildman–Crippen MR) is 199 cm³/mol. The van der Waals surface area contributed by atoms with Crippen LogP contribution in [0, 0.1) is 35.0 Å². The van der Waals surface area contributed by atoms with Crippen molar-refractivity contribution in [2.75, 3.05) is 59.0 Å². The summed E-state index contributed by atoms with van der Waals surface area (Å²) in [7, 11) is 0. The molecule has 50 heavy (non-hydrogen) atoms. The van der Waals surface area contributed by atoms with Gasteiger partial charge < -0.3 is 40.4 Å². The summed E-state index contributed by atoms with van der Waals surface area (Å²) in [5.41, 5.74) is 5.87. The van der Waals surface area contributed by atoms with Crippen molar-refractivity contribution >= 4 is 12.2 Å². The molecule has 0 radical (unpaired) electrons. The van der Waals surface area contributed by atoms with E-state index in [1.807, 2.05) is 46.4 Å². The molecule has 5 aliphatic heterocycles. The fraction of sp³-hybridized carbons (Fsp3) is 0.950. The Morgan fingerprint density at radius 1 is 0.720 bits per heavy atom. The summed E-state index contributed by atoms with van der Waals surface area (Å²) in [6, 6.07) is 0.327. The number of fused-ring (bicyclic) bond motifs is 2. The van der Waals surface area contributed by atoms with E-state index >= 15 is 0 Å². The Labute approximate surface area is 304 Å². The molecule has 8 aliphatic rings. The van der Waals surface area contributed by atoms with Crippen LogP contribution in [0.25, 0.3) is 0 Å². The number of amides is 2. The molecule has 0 bridgehead atoms. The second-order valence-corrected chi connectivity index (χ2v) is 18.8. The van der Waals surface area contributed by atoms with Crippen LogP contribution in [0.2, 0.25) is 0 Å². The van der Waals surface area contributed by atoms with E-state index < -0.39 is 5.60 Å². The lowest BCUT2D eigenvalue weighted by Gasteiger charge is -2.40. The summed E-state index contributed by atoms with van der Waals surface area (Å²) in [5, 5.41) is 6.76. The van der Waals surface area contributed by atoms with Crippen molar-refractivity contribution in [2.45, 2.75) is 148 Å². The zero-order chi connectivity index (χ0) is 36.2. The standard InChI is InChI=1S/C14H25NO2.C10H18N2O2.C9H17NO.C7H13N/c1-13(2,3)17-12(16)15-10-8-14(9-11-15)6-4-5-7-14;1-10(2,3)14-9(13)12-4-6-7(5-12)8(6)11;1-2-8-11-9(3-1)4-6-10-7-5-9;1-2-5-6-3-8-4-7(5)6/h4-11H2,1-3H3;6-8H,4-5,11H2,1-3H3;10H,1-8H2;5-8H,2-4H2,1H3. The van der Waals surface area contributed by atoms with E-state index in [4.69, 9.17) is 19.9 Å². The largest absolute Gasteiger partial charge is 0.444 e. The Hall–Kier alpha value is -1.62. The fourth-order valence-electron chi connectivity index (χ4n) is 9.50. The van der Waals surface area contributed by atoms with Crippen molar-refractivity contribution in [1.29, 1.82) is 0 Å². The van der Waals surface area contributed by atoms with Crippen LogP contribution in [-0.4, -0.2) is 104 Å². The number of nitrogens with one attached hydrogen (secondary N) is 2. The molecule has 2 amide bonds. The molecule has 0 aromatic carbocycles. The number of ether oxygens (including phenoxy) is 3. The van der Waals surface area contributed by atoms with Crippen LogP contribution < -0.4 is 16.4 Å². The monoisotopic (exact) mass is 704 g/mol. The molecule has 8 fully saturated rings. The van der Waals surface area contributed by atoms with Gasteiger partial charge in [-0.1, -0.05) is 26.2 Å². The summed E-state index contributed by atoms with van der Waals surface area (Å²) < 4.78 is 16.6. The third kappa shape index (κ3) is 11.0. The van der Waals surface area contributed by atoms with E-state index in [1.54, 1.807) is 4.90 Å². The molecule has 10 nitrogen and oxygen atoms in total. The van der Waals surface area contributed by atoms with Crippen molar-refractivity contribution < 1.29 is 23.8 Å². The highest BCUT2D eigenvalue weighted by Crippen LogP contribution is 2.50. The second-order valence-electron chi connectivity index (χ2n) is 18.8. The number of hydrogen-bond donors (Lipinski definition) is 3. The van der Waals surface area contributed by atoms with Crippen LogP contribution in [0.15, 0.2) is 0 Å². The van der Waals surface area contributed by atoms with Crippen LogP contribution in [-0.2, 0) is 14.2 Å². The number of hydrogen-bond acceptors (Lipinski definition) is 8. The highest BCUT2D eigenvalue weighted by atomic mass is 16.6. The smallest absolute Gasteiger partial charge is 0.410 e. The average molecular weight is 704 g/mol. The molecule has 5 heterocycles. The van der Waals surface area contributed by atoms with Crippen molar-refractivity contribution in [3.63, 3.8) is 0 Å². The van der Waals surface area contributed by atoms with Crippen molar-refractivity contribution in [2.24, 2.45) is 40.7 Å². The van der Waals surface area contributed by atoms with Crippen molar-refractivity contribution in [3.8, 4) is 0 Å². The Morgan fingerprint density at radius 3 is 1.70 bits per heavy atom. The van der Waals surface area contributed by atoms with E-state index in [-0.39, 0.29) is 17.8 Å². The minimum Gasteiger partial charge on any atom is -0.444 e. The third-order valence-corrected chi connectivity index (χ3v) is 12.7. The molecule has 3 aliphatic carbocycles. The van der Waals surface area contributed by atoms with Gasteiger partial charge in [0.25, 0.3) is 0 Å². The average Bonchev–Trinajstić information content (AvgIpc) is 3.53. The zero-order valence-electron chi connectivity index (χ0n) is 32.8. The van der Waals surface area contributed by atoms with Crippen molar-refractivity contribution in [1.82, 2.24) is 20.4 Å². The normalized spacial score (nSPS) is 33.0. The van der Waals surface area contributed by atoms with Crippen LogP contribution in [0.3, 0.4) is 0 Å². The summed E-state index contributed by atoms with van der Waals surface area (Å²) >= 11 is 0. The van der Waals surface area contributed by atoms with E-state index in [0.29, 0.717) is 28.9 Å². The number of rotatable bonds is 1. The number of nitrogens with zero attached hydrogens (tertiary/aromatic N) is 2. The SMILES string of the molecule is C1CCC2(CCNCC2)OC1.CC(C)(C)OC(=O)N1CC2C(N)C2C1.CC(C)(C)OC(=O)N1CCC2(CCCC2)CC1.CCC1C2CNCC12. The number of carbonyl (C=O) groups is 2. The molecule has 0 aromatic rings.